The van der Waals surface area contributed by atoms with Crippen LogP contribution in [0.15, 0.2) is 23.8 Å². The van der Waals surface area contributed by atoms with Crippen molar-refractivity contribution < 1.29 is 9.53 Å². The van der Waals surface area contributed by atoms with Crippen molar-refractivity contribution in [2.24, 2.45) is 5.11 Å². The molecule has 0 bridgehead atoms. The van der Waals surface area contributed by atoms with Crippen molar-refractivity contribution in [3.8, 4) is 0 Å². The molecule has 1 rings (SSSR count). The molecule has 14 heavy (non-hydrogen) atoms. The fourth-order valence-electron chi connectivity index (χ4n) is 0.781. The minimum Gasteiger partial charge on any atom is -0.449 e. The number of nitrogens with zero attached hydrogens (tertiary/aromatic N) is 5. The Balaban J connectivity index is 2.19. The van der Waals surface area contributed by atoms with Gasteiger partial charge in [0.05, 0.1) is 6.61 Å². The van der Waals surface area contributed by atoms with Crippen LogP contribution in [0.4, 0.5) is 4.79 Å². The molecule has 0 unspecified atom stereocenters. The number of aromatic nitrogens is 2. The Hall–Kier alpha value is -2.01. The number of imidazole rings is 1. The molecule has 0 N–H and O–H groups in total. The zero-order valence-corrected chi connectivity index (χ0v) is 7.41. The minimum atomic E-state index is -0.483. The smallest absolute Gasteiger partial charge is 0.419 e. The predicted molar refractivity (Wildman–Crippen MR) is 47.6 cm³/mol. The molecule has 0 radical (unpaired) electrons. The monoisotopic (exact) mass is 195 g/mol. The molecule has 0 saturated heterocycles. The van der Waals surface area contributed by atoms with Gasteiger partial charge in [0, 0.05) is 23.9 Å². The lowest BCUT2D eigenvalue weighted by Crippen LogP contribution is -2.12. The van der Waals surface area contributed by atoms with E-state index in [4.69, 9.17) is 10.3 Å². The molecular formula is C7H9N5O2. The van der Waals surface area contributed by atoms with Gasteiger partial charge in [0.25, 0.3) is 0 Å². The highest BCUT2D eigenvalue weighted by atomic mass is 16.5. The van der Waals surface area contributed by atoms with Gasteiger partial charge in [-0.15, -0.1) is 0 Å². The van der Waals surface area contributed by atoms with Gasteiger partial charge in [-0.1, -0.05) is 5.11 Å². The molecule has 0 amide bonds. The first-order chi connectivity index (χ1) is 6.84. The van der Waals surface area contributed by atoms with Crippen LogP contribution >= 0.6 is 0 Å². The van der Waals surface area contributed by atoms with Crippen molar-refractivity contribution in [3.05, 3.63) is 29.2 Å². The van der Waals surface area contributed by atoms with E-state index in [-0.39, 0.29) is 6.61 Å². The number of hydrogen-bond acceptors (Lipinski definition) is 4. The predicted octanol–water partition coefficient (Wildman–Crippen LogP) is 1.57. The number of ether oxygens (including phenoxy) is 1. The molecule has 0 aliphatic rings. The molecule has 7 heteroatoms. The van der Waals surface area contributed by atoms with Crippen molar-refractivity contribution >= 4 is 6.09 Å². The van der Waals surface area contributed by atoms with Gasteiger partial charge in [-0.3, -0.25) is 0 Å². The van der Waals surface area contributed by atoms with E-state index in [1.165, 1.54) is 23.3 Å². The molecule has 0 aromatic carbocycles. The van der Waals surface area contributed by atoms with Crippen LogP contribution in [0, 0.1) is 0 Å². The van der Waals surface area contributed by atoms with Gasteiger partial charge < -0.3 is 4.74 Å². The number of carbonyl (C=O) groups is 1. The van der Waals surface area contributed by atoms with E-state index >= 15 is 0 Å². The molecule has 1 aromatic heterocycles. The number of carbonyl (C=O) groups excluding carboxylic acids is 1. The Kier molecular flexibility index (Phi) is 4.03. The van der Waals surface area contributed by atoms with Gasteiger partial charge >= 0.3 is 6.09 Å². The van der Waals surface area contributed by atoms with Crippen LogP contribution in [0.25, 0.3) is 10.4 Å². The molecule has 0 saturated carbocycles. The highest BCUT2D eigenvalue weighted by Crippen LogP contribution is 1.91. The van der Waals surface area contributed by atoms with E-state index < -0.39 is 6.09 Å². The van der Waals surface area contributed by atoms with Gasteiger partial charge in [0.1, 0.15) is 6.33 Å². The molecule has 0 fully saturated rings. The third kappa shape index (κ3) is 3.16. The summed E-state index contributed by atoms with van der Waals surface area (Å²) in [6.07, 6.45) is 4.38. The Labute approximate surface area is 79.9 Å². The van der Waals surface area contributed by atoms with E-state index in [0.717, 1.165) is 0 Å². The average Bonchev–Trinajstić information content (AvgIpc) is 2.70. The molecule has 0 atom stereocenters. The Morgan fingerprint density at radius 2 is 2.57 bits per heavy atom. The second kappa shape index (κ2) is 5.60. The zero-order valence-electron chi connectivity index (χ0n) is 7.41. The van der Waals surface area contributed by atoms with Crippen LogP contribution in [-0.2, 0) is 4.74 Å². The first-order valence-electron chi connectivity index (χ1n) is 4.00. The van der Waals surface area contributed by atoms with Crippen LogP contribution < -0.4 is 0 Å². The first-order valence-corrected chi connectivity index (χ1v) is 4.00. The van der Waals surface area contributed by atoms with Crippen LogP contribution in [0.1, 0.15) is 6.42 Å². The standard InChI is InChI=1S/C7H9N5O2/c8-11-10-2-1-5-14-7(13)12-4-3-9-6-12/h3-4,6H,1-2,5H2. The molecule has 0 spiro atoms. The average molecular weight is 195 g/mol. The molecule has 0 aliphatic carbocycles. The molecule has 74 valence electrons. The summed E-state index contributed by atoms with van der Waals surface area (Å²) in [5.74, 6) is 0. The number of rotatable bonds is 4. The maximum absolute atomic E-state index is 11.1. The lowest BCUT2D eigenvalue weighted by Gasteiger charge is -2.02. The van der Waals surface area contributed by atoms with E-state index in [0.29, 0.717) is 13.0 Å². The summed E-state index contributed by atoms with van der Waals surface area (Å²) in [5, 5.41) is 3.30. The van der Waals surface area contributed by atoms with Crippen LogP contribution in [0.5, 0.6) is 0 Å². The summed E-state index contributed by atoms with van der Waals surface area (Å²) in [6.45, 7) is 0.559. The van der Waals surface area contributed by atoms with Crippen molar-refractivity contribution in [3.63, 3.8) is 0 Å². The highest BCUT2D eigenvalue weighted by Gasteiger charge is 2.02. The highest BCUT2D eigenvalue weighted by molar-refractivity contribution is 5.69. The molecule has 1 aromatic rings. The van der Waals surface area contributed by atoms with E-state index in [9.17, 15) is 4.79 Å². The summed E-state index contributed by atoms with van der Waals surface area (Å²) in [5.41, 5.74) is 7.96. The second-order valence-electron chi connectivity index (χ2n) is 2.39. The minimum absolute atomic E-state index is 0.232. The summed E-state index contributed by atoms with van der Waals surface area (Å²) >= 11 is 0. The summed E-state index contributed by atoms with van der Waals surface area (Å²) < 4.78 is 6.06. The van der Waals surface area contributed by atoms with Crippen molar-refractivity contribution in [2.75, 3.05) is 13.2 Å². The van der Waals surface area contributed by atoms with E-state index in [1.807, 2.05) is 0 Å². The van der Waals surface area contributed by atoms with Crippen LogP contribution in [0.2, 0.25) is 0 Å². The Morgan fingerprint density at radius 1 is 1.71 bits per heavy atom. The maximum Gasteiger partial charge on any atom is 0.419 e. The lowest BCUT2D eigenvalue weighted by molar-refractivity contribution is 0.147. The van der Waals surface area contributed by atoms with Gasteiger partial charge in [0.2, 0.25) is 0 Å². The summed E-state index contributed by atoms with van der Waals surface area (Å²) in [6, 6.07) is 0. The van der Waals surface area contributed by atoms with Crippen LogP contribution in [-0.4, -0.2) is 28.8 Å². The van der Waals surface area contributed by atoms with E-state index in [1.54, 1.807) is 0 Å². The largest absolute Gasteiger partial charge is 0.449 e. The van der Waals surface area contributed by atoms with Gasteiger partial charge in [-0.2, -0.15) is 0 Å². The van der Waals surface area contributed by atoms with Gasteiger partial charge in [-0.25, -0.2) is 14.3 Å². The SMILES string of the molecule is [N-]=[N+]=NCCCOC(=O)n1ccnc1. The number of hydrogen-bond donors (Lipinski definition) is 0. The van der Waals surface area contributed by atoms with Gasteiger partial charge in [0.15, 0.2) is 0 Å². The van der Waals surface area contributed by atoms with Gasteiger partial charge in [-0.05, 0) is 12.0 Å². The van der Waals surface area contributed by atoms with E-state index in [2.05, 4.69) is 15.0 Å². The fourth-order valence-corrected chi connectivity index (χ4v) is 0.781. The normalized spacial score (nSPS) is 9.14. The fraction of sp³-hybridized carbons (Fsp3) is 0.429. The third-order valence-electron chi connectivity index (χ3n) is 1.41. The molecular weight excluding hydrogens is 186 g/mol. The molecule has 1 heterocycles. The third-order valence-corrected chi connectivity index (χ3v) is 1.41. The second-order valence-corrected chi connectivity index (χ2v) is 2.39. The van der Waals surface area contributed by atoms with Crippen LogP contribution in [0.3, 0.4) is 0 Å². The zero-order chi connectivity index (χ0) is 10.2. The summed E-state index contributed by atoms with van der Waals surface area (Å²) in [4.78, 5) is 17.4. The molecule has 7 nitrogen and oxygen atoms in total. The number of azide groups is 1. The van der Waals surface area contributed by atoms with Crippen molar-refractivity contribution in [2.45, 2.75) is 6.42 Å². The quantitative estimate of drug-likeness (QED) is 0.316. The molecule has 0 aliphatic heterocycles. The Bertz CT molecular complexity index is 328. The topological polar surface area (TPSA) is 92.9 Å². The van der Waals surface area contributed by atoms with Crippen molar-refractivity contribution in [1.82, 2.24) is 9.55 Å². The first kappa shape index (κ1) is 10.1. The maximum atomic E-state index is 11.1. The lowest BCUT2D eigenvalue weighted by atomic mass is 10.5. The summed E-state index contributed by atoms with van der Waals surface area (Å²) in [7, 11) is 0. The Morgan fingerprint density at radius 3 is 3.21 bits per heavy atom. The van der Waals surface area contributed by atoms with Crippen molar-refractivity contribution in [1.29, 1.82) is 0 Å².